The summed E-state index contributed by atoms with van der Waals surface area (Å²) in [5.41, 5.74) is 1.67. The van der Waals surface area contributed by atoms with Crippen LogP contribution in [0.15, 0.2) is 30.5 Å². The zero-order valence-corrected chi connectivity index (χ0v) is 9.82. The molecule has 18 heavy (non-hydrogen) atoms. The number of carbonyl (C=O) groups is 1. The summed E-state index contributed by atoms with van der Waals surface area (Å²) in [5.74, 6) is 0.621. The van der Waals surface area contributed by atoms with Gasteiger partial charge in [0.15, 0.2) is 12.1 Å². The van der Waals surface area contributed by atoms with Crippen LogP contribution in [-0.2, 0) is 13.6 Å². The monoisotopic (exact) mass is 241 g/mol. The van der Waals surface area contributed by atoms with E-state index in [9.17, 15) is 4.79 Å². The first kappa shape index (κ1) is 10.6. The van der Waals surface area contributed by atoms with Gasteiger partial charge < -0.3 is 4.57 Å². The van der Waals surface area contributed by atoms with Crippen LogP contribution in [0.5, 0.6) is 0 Å². The van der Waals surface area contributed by atoms with Gasteiger partial charge >= 0.3 is 0 Å². The number of benzene rings is 1. The predicted octanol–water partition coefficient (Wildman–Crippen LogP) is 1.03. The molecule has 3 aromatic rings. The third-order valence-electron chi connectivity index (χ3n) is 2.81. The van der Waals surface area contributed by atoms with Crippen LogP contribution < -0.4 is 0 Å². The first-order valence-electron chi connectivity index (χ1n) is 5.54. The molecular formula is C12H11N5O. The van der Waals surface area contributed by atoms with Crippen molar-refractivity contribution >= 4 is 17.2 Å². The van der Waals surface area contributed by atoms with Gasteiger partial charge in [0, 0.05) is 22.7 Å². The number of aromatic nitrogens is 5. The van der Waals surface area contributed by atoms with Crippen LogP contribution in [-0.4, -0.2) is 31.1 Å². The minimum absolute atomic E-state index is 0.502. The second-order valence-corrected chi connectivity index (χ2v) is 4.04. The van der Waals surface area contributed by atoms with Gasteiger partial charge in [0.1, 0.15) is 0 Å². The molecule has 6 nitrogen and oxygen atoms in total. The predicted molar refractivity (Wildman–Crippen MR) is 65.2 cm³/mol. The molecule has 0 aliphatic rings. The number of tetrazole rings is 1. The van der Waals surface area contributed by atoms with Crippen molar-refractivity contribution in [1.29, 1.82) is 0 Å². The number of aldehydes is 1. The van der Waals surface area contributed by atoms with Gasteiger partial charge in [0.05, 0.1) is 13.6 Å². The van der Waals surface area contributed by atoms with Gasteiger partial charge in [-0.3, -0.25) is 4.79 Å². The molecule has 1 aromatic carbocycles. The van der Waals surface area contributed by atoms with E-state index in [0.29, 0.717) is 17.9 Å². The Hall–Kier alpha value is -2.50. The topological polar surface area (TPSA) is 65.6 Å². The van der Waals surface area contributed by atoms with Gasteiger partial charge in [0.2, 0.25) is 0 Å². The minimum atomic E-state index is 0.502. The highest BCUT2D eigenvalue weighted by Gasteiger charge is 2.09. The highest BCUT2D eigenvalue weighted by molar-refractivity contribution is 5.97. The standard InChI is InChI=1S/C12H11N5O/c1-16-14-12(13-15-16)7-17-6-9(8-18)10-4-2-3-5-11(10)17/h2-6,8H,7H2,1H3. The van der Waals surface area contributed by atoms with E-state index in [0.717, 1.165) is 17.2 Å². The average molecular weight is 241 g/mol. The lowest BCUT2D eigenvalue weighted by molar-refractivity contribution is 0.112. The van der Waals surface area contributed by atoms with Crippen molar-refractivity contribution in [2.45, 2.75) is 6.54 Å². The van der Waals surface area contributed by atoms with Gasteiger partial charge in [-0.2, -0.15) is 4.80 Å². The molecule has 0 N–H and O–H groups in total. The van der Waals surface area contributed by atoms with Crippen molar-refractivity contribution < 1.29 is 4.79 Å². The fraction of sp³-hybridized carbons (Fsp3) is 0.167. The lowest BCUT2D eigenvalue weighted by Gasteiger charge is -2.00. The Bertz CT molecular complexity index is 712. The van der Waals surface area contributed by atoms with Gasteiger partial charge in [-0.05, 0) is 11.3 Å². The number of aryl methyl sites for hydroxylation is 1. The number of hydrogen-bond acceptors (Lipinski definition) is 4. The molecule has 0 saturated heterocycles. The highest BCUT2D eigenvalue weighted by atomic mass is 16.1. The highest BCUT2D eigenvalue weighted by Crippen LogP contribution is 2.20. The quantitative estimate of drug-likeness (QED) is 0.642. The van der Waals surface area contributed by atoms with Crippen LogP contribution in [0.1, 0.15) is 16.2 Å². The summed E-state index contributed by atoms with van der Waals surface area (Å²) in [6.07, 6.45) is 2.68. The van der Waals surface area contributed by atoms with Crippen molar-refractivity contribution in [1.82, 2.24) is 24.8 Å². The van der Waals surface area contributed by atoms with Gasteiger partial charge in [-0.1, -0.05) is 18.2 Å². The Morgan fingerprint density at radius 3 is 2.89 bits per heavy atom. The summed E-state index contributed by atoms with van der Waals surface area (Å²) in [6, 6.07) is 7.76. The molecule has 2 heterocycles. The van der Waals surface area contributed by atoms with Crippen molar-refractivity contribution in [3.05, 3.63) is 41.9 Å². The molecule has 0 aliphatic carbocycles. The maximum Gasteiger partial charge on any atom is 0.194 e. The lowest BCUT2D eigenvalue weighted by Crippen LogP contribution is -2.01. The normalized spacial score (nSPS) is 10.9. The van der Waals surface area contributed by atoms with Crippen LogP contribution in [0.25, 0.3) is 10.9 Å². The summed E-state index contributed by atoms with van der Waals surface area (Å²) < 4.78 is 1.95. The van der Waals surface area contributed by atoms with Crippen molar-refractivity contribution in [3.63, 3.8) is 0 Å². The van der Waals surface area contributed by atoms with Crippen LogP contribution in [0.2, 0.25) is 0 Å². The largest absolute Gasteiger partial charge is 0.339 e. The van der Waals surface area contributed by atoms with E-state index in [1.807, 2.05) is 35.0 Å². The number of hydrogen-bond donors (Lipinski definition) is 0. The number of fused-ring (bicyclic) bond motifs is 1. The molecule has 2 aromatic heterocycles. The van der Waals surface area contributed by atoms with Crippen LogP contribution >= 0.6 is 0 Å². The van der Waals surface area contributed by atoms with E-state index in [-0.39, 0.29) is 0 Å². The molecule has 0 radical (unpaired) electrons. The molecular weight excluding hydrogens is 230 g/mol. The van der Waals surface area contributed by atoms with Crippen molar-refractivity contribution in [3.8, 4) is 0 Å². The van der Waals surface area contributed by atoms with Gasteiger partial charge in [-0.25, -0.2) is 0 Å². The lowest BCUT2D eigenvalue weighted by atomic mass is 10.2. The molecule has 0 saturated carbocycles. The molecule has 90 valence electrons. The Balaban J connectivity index is 2.09. The Kier molecular flexibility index (Phi) is 2.40. The van der Waals surface area contributed by atoms with E-state index in [4.69, 9.17) is 0 Å². The summed E-state index contributed by atoms with van der Waals surface area (Å²) in [4.78, 5) is 12.4. The molecule has 0 unspecified atom stereocenters. The van der Waals surface area contributed by atoms with Crippen LogP contribution in [0.3, 0.4) is 0 Å². The molecule has 0 spiro atoms. The molecule has 0 bridgehead atoms. The van der Waals surface area contributed by atoms with Crippen molar-refractivity contribution in [2.75, 3.05) is 0 Å². The zero-order valence-electron chi connectivity index (χ0n) is 9.82. The third kappa shape index (κ3) is 1.67. The average Bonchev–Trinajstić information content (AvgIpc) is 2.95. The first-order valence-corrected chi connectivity index (χ1v) is 5.54. The number of carbonyl (C=O) groups excluding carboxylic acids is 1. The maximum atomic E-state index is 11.0. The Morgan fingerprint density at radius 1 is 1.33 bits per heavy atom. The van der Waals surface area contributed by atoms with Gasteiger partial charge in [0.25, 0.3) is 0 Å². The smallest absolute Gasteiger partial charge is 0.194 e. The Morgan fingerprint density at radius 2 is 2.17 bits per heavy atom. The number of para-hydroxylation sites is 1. The van der Waals surface area contributed by atoms with Gasteiger partial charge in [-0.15, -0.1) is 10.2 Å². The summed E-state index contributed by atoms with van der Waals surface area (Å²) in [6.45, 7) is 0.502. The zero-order chi connectivity index (χ0) is 12.5. The fourth-order valence-electron chi connectivity index (χ4n) is 2.04. The maximum absolute atomic E-state index is 11.0. The van der Waals surface area contributed by atoms with E-state index in [1.165, 1.54) is 4.80 Å². The SMILES string of the molecule is Cn1nnc(Cn2cc(C=O)c3ccccc32)n1. The van der Waals surface area contributed by atoms with E-state index in [1.54, 1.807) is 7.05 Å². The summed E-state index contributed by atoms with van der Waals surface area (Å²) in [7, 11) is 1.72. The molecule has 0 amide bonds. The minimum Gasteiger partial charge on any atom is -0.339 e. The molecule has 3 rings (SSSR count). The third-order valence-corrected chi connectivity index (χ3v) is 2.81. The number of nitrogens with zero attached hydrogens (tertiary/aromatic N) is 5. The second kappa shape index (κ2) is 4.06. The van der Waals surface area contributed by atoms with E-state index >= 15 is 0 Å². The second-order valence-electron chi connectivity index (χ2n) is 4.04. The Labute approximate surface area is 103 Å². The van der Waals surface area contributed by atoms with Crippen LogP contribution in [0, 0.1) is 0 Å². The number of rotatable bonds is 3. The molecule has 6 heteroatoms. The molecule has 0 atom stereocenters. The fourth-order valence-corrected chi connectivity index (χ4v) is 2.04. The molecule has 0 aliphatic heterocycles. The van der Waals surface area contributed by atoms with Crippen molar-refractivity contribution in [2.24, 2.45) is 7.05 Å². The molecule has 0 fully saturated rings. The first-order chi connectivity index (χ1) is 8.78. The van der Waals surface area contributed by atoms with E-state index < -0.39 is 0 Å². The summed E-state index contributed by atoms with van der Waals surface area (Å²) in [5, 5.41) is 12.8. The van der Waals surface area contributed by atoms with Crippen LogP contribution in [0.4, 0.5) is 0 Å². The summed E-state index contributed by atoms with van der Waals surface area (Å²) >= 11 is 0. The van der Waals surface area contributed by atoms with E-state index in [2.05, 4.69) is 15.4 Å².